The number of aliphatic hydroxyl groups excluding tert-OH is 1. The molecule has 0 amide bonds. The zero-order valence-corrected chi connectivity index (χ0v) is 11.6. The van der Waals surface area contributed by atoms with E-state index in [4.69, 9.17) is 5.11 Å². The number of aromatic nitrogens is 1. The monoisotopic (exact) mass is 275 g/mol. The van der Waals surface area contributed by atoms with Crippen molar-refractivity contribution < 1.29 is 13.5 Å². The Balaban J connectivity index is 2.54. The van der Waals surface area contributed by atoms with Gasteiger partial charge >= 0.3 is 0 Å². The maximum Gasteiger partial charge on any atom is 0.242 e. The Morgan fingerprint density at radius 1 is 1.39 bits per heavy atom. The minimum absolute atomic E-state index is 0.158. The van der Waals surface area contributed by atoms with Gasteiger partial charge in [-0.2, -0.15) is 0 Å². The first kappa shape index (κ1) is 15.2. The Bertz CT molecular complexity index is 452. The van der Waals surface area contributed by atoms with Crippen molar-refractivity contribution in [2.45, 2.75) is 25.3 Å². The molecule has 104 valence electrons. The smallest absolute Gasteiger partial charge is 0.242 e. The van der Waals surface area contributed by atoms with Gasteiger partial charge in [-0.1, -0.05) is 13.8 Å². The van der Waals surface area contributed by atoms with E-state index in [1.165, 1.54) is 12.3 Å². The lowest BCUT2D eigenvalue weighted by molar-refractivity contribution is 0.277. The average Bonchev–Trinajstić information content (AvgIpc) is 2.84. The highest BCUT2D eigenvalue weighted by Gasteiger charge is 2.15. The molecule has 1 aromatic rings. The fourth-order valence-corrected chi connectivity index (χ4v) is 2.66. The maximum atomic E-state index is 11.9. The Kier molecular flexibility index (Phi) is 5.80. The van der Waals surface area contributed by atoms with E-state index in [0.29, 0.717) is 18.8 Å². The zero-order valence-electron chi connectivity index (χ0n) is 10.8. The van der Waals surface area contributed by atoms with Gasteiger partial charge < -0.3 is 15.0 Å². The Labute approximate surface area is 108 Å². The molecule has 0 aliphatic carbocycles. The molecule has 1 aromatic heterocycles. The molecule has 18 heavy (non-hydrogen) atoms. The predicted octanol–water partition coefficient (Wildman–Crippen LogP) is 0.127. The molecule has 0 bridgehead atoms. The van der Waals surface area contributed by atoms with Crippen LogP contribution >= 0.6 is 0 Å². The van der Waals surface area contributed by atoms with Crippen LogP contribution in [0.1, 0.15) is 19.5 Å². The number of hydrogen-bond acceptors (Lipinski definition) is 4. The highest BCUT2D eigenvalue weighted by atomic mass is 32.2. The summed E-state index contributed by atoms with van der Waals surface area (Å²) in [5, 5.41) is 8.88. The summed E-state index contributed by atoms with van der Waals surface area (Å²) in [4.78, 5) is 5.00. The van der Waals surface area contributed by atoms with Crippen LogP contribution in [0.25, 0.3) is 0 Å². The van der Waals surface area contributed by atoms with Crippen LogP contribution in [0.4, 0.5) is 0 Å². The van der Waals surface area contributed by atoms with Crippen molar-refractivity contribution >= 4 is 10.0 Å². The second kappa shape index (κ2) is 6.89. The van der Waals surface area contributed by atoms with Gasteiger partial charge in [0.25, 0.3) is 0 Å². The molecule has 1 rings (SSSR count). The van der Waals surface area contributed by atoms with E-state index >= 15 is 0 Å². The van der Waals surface area contributed by atoms with E-state index in [0.717, 1.165) is 13.1 Å². The molecule has 7 heteroatoms. The molecular weight excluding hydrogens is 254 g/mol. The number of H-pyrrole nitrogens is 1. The predicted molar refractivity (Wildman–Crippen MR) is 69.7 cm³/mol. The summed E-state index contributed by atoms with van der Waals surface area (Å²) in [6, 6.07) is 1.43. The molecular formula is C11H21N3O3S. The molecule has 0 atom stereocenters. The molecule has 0 spiro atoms. The number of rotatable bonds is 8. The number of likely N-dealkylation sites (N-methyl/N-ethyl adjacent to an activating group) is 1. The van der Waals surface area contributed by atoms with Crippen LogP contribution in [-0.4, -0.2) is 49.6 Å². The first-order valence-corrected chi connectivity index (χ1v) is 7.52. The molecule has 0 unspecified atom stereocenters. The van der Waals surface area contributed by atoms with E-state index in [2.05, 4.69) is 14.6 Å². The Morgan fingerprint density at radius 3 is 2.56 bits per heavy atom. The van der Waals surface area contributed by atoms with Crippen LogP contribution in [0.5, 0.6) is 0 Å². The second-order valence-corrected chi connectivity index (χ2v) is 5.71. The summed E-state index contributed by atoms with van der Waals surface area (Å²) in [6.45, 7) is 6.74. The first-order chi connectivity index (χ1) is 8.53. The molecule has 0 radical (unpaired) electrons. The normalized spacial score (nSPS) is 12.2. The topological polar surface area (TPSA) is 85.4 Å². The van der Waals surface area contributed by atoms with Crippen LogP contribution < -0.4 is 4.72 Å². The molecule has 0 aromatic carbocycles. The first-order valence-electron chi connectivity index (χ1n) is 6.03. The SMILES string of the molecule is CCN(CC)CCNS(=O)(=O)c1c[nH]c(CO)c1. The van der Waals surface area contributed by atoms with Crippen molar-refractivity contribution in [1.29, 1.82) is 0 Å². The third-order valence-electron chi connectivity index (χ3n) is 2.81. The quantitative estimate of drug-likeness (QED) is 0.629. The number of nitrogens with one attached hydrogen (secondary N) is 2. The van der Waals surface area contributed by atoms with Crippen LogP contribution in [0.15, 0.2) is 17.2 Å². The number of hydrogen-bond donors (Lipinski definition) is 3. The molecule has 0 aliphatic rings. The summed E-state index contributed by atoms with van der Waals surface area (Å²) in [5.41, 5.74) is 0.485. The average molecular weight is 275 g/mol. The van der Waals surface area contributed by atoms with E-state index < -0.39 is 10.0 Å². The van der Waals surface area contributed by atoms with Gasteiger partial charge in [-0.25, -0.2) is 13.1 Å². The molecule has 1 heterocycles. The van der Waals surface area contributed by atoms with Crippen LogP contribution in [-0.2, 0) is 16.6 Å². The van der Waals surface area contributed by atoms with Crippen LogP contribution in [0, 0.1) is 0 Å². The molecule has 0 saturated carbocycles. The van der Waals surface area contributed by atoms with E-state index in [9.17, 15) is 8.42 Å². The van der Waals surface area contributed by atoms with Gasteiger partial charge in [0.1, 0.15) is 0 Å². The fourth-order valence-electron chi connectivity index (χ4n) is 1.63. The number of nitrogens with zero attached hydrogens (tertiary/aromatic N) is 1. The number of sulfonamides is 1. The molecule has 0 fully saturated rings. The lowest BCUT2D eigenvalue weighted by atomic mass is 10.5. The standard InChI is InChI=1S/C11H21N3O3S/c1-3-14(4-2)6-5-13-18(16,17)11-7-10(9-15)12-8-11/h7-8,12-13,15H,3-6,9H2,1-2H3. The van der Waals surface area contributed by atoms with Gasteiger partial charge in [-0.15, -0.1) is 0 Å². The van der Waals surface area contributed by atoms with Crippen LogP contribution in [0.3, 0.4) is 0 Å². The lowest BCUT2D eigenvalue weighted by Crippen LogP contribution is -2.34. The van der Waals surface area contributed by atoms with Crippen molar-refractivity contribution in [2.75, 3.05) is 26.2 Å². The Morgan fingerprint density at radius 2 is 2.06 bits per heavy atom. The molecule has 0 saturated heterocycles. The summed E-state index contributed by atoms with van der Waals surface area (Å²) in [5.74, 6) is 0. The molecule has 6 nitrogen and oxygen atoms in total. The lowest BCUT2D eigenvalue weighted by Gasteiger charge is -2.17. The van der Waals surface area contributed by atoms with Gasteiger partial charge in [0.05, 0.1) is 11.5 Å². The van der Waals surface area contributed by atoms with Crippen molar-refractivity contribution in [1.82, 2.24) is 14.6 Å². The minimum Gasteiger partial charge on any atom is -0.390 e. The maximum absolute atomic E-state index is 11.9. The molecule has 0 aliphatic heterocycles. The third-order valence-corrected chi connectivity index (χ3v) is 4.25. The highest BCUT2D eigenvalue weighted by Crippen LogP contribution is 2.10. The van der Waals surface area contributed by atoms with E-state index in [1.54, 1.807) is 0 Å². The third kappa shape index (κ3) is 4.09. The summed E-state index contributed by atoms with van der Waals surface area (Å²) in [6.07, 6.45) is 1.38. The van der Waals surface area contributed by atoms with Crippen molar-refractivity contribution in [2.24, 2.45) is 0 Å². The number of aromatic amines is 1. The van der Waals surface area contributed by atoms with Gasteiger partial charge in [0.2, 0.25) is 10.0 Å². The zero-order chi connectivity index (χ0) is 13.6. The second-order valence-electron chi connectivity index (χ2n) is 3.94. The van der Waals surface area contributed by atoms with Crippen molar-refractivity contribution in [3.8, 4) is 0 Å². The summed E-state index contributed by atoms with van der Waals surface area (Å²) >= 11 is 0. The highest BCUT2D eigenvalue weighted by molar-refractivity contribution is 7.89. The number of aliphatic hydroxyl groups is 1. The molecule has 3 N–H and O–H groups in total. The minimum atomic E-state index is -3.48. The van der Waals surface area contributed by atoms with Crippen molar-refractivity contribution in [3.63, 3.8) is 0 Å². The van der Waals surface area contributed by atoms with Gasteiger partial charge in [-0.05, 0) is 19.2 Å². The van der Waals surface area contributed by atoms with Gasteiger partial charge in [-0.3, -0.25) is 0 Å². The fraction of sp³-hybridized carbons (Fsp3) is 0.636. The van der Waals surface area contributed by atoms with E-state index in [-0.39, 0.29) is 11.5 Å². The summed E-state index contributed by atoms with van der Waals surface area (Å²) < 4.78 is 26.3. The van der Waals surface area contributed by atoms with E-state index in [1.807, 2.05) is 13.8 Å². The van der Waals surface area contributed by atoms with Crippen molar-refractivity contribution in [3.05, 3.63) is 18.0 Å². The van der Waals surface area contributed by atoms with Gasteiger partial charge in [0.15, 0.2) is 0 Å². The van der Waals surface area contributed by atoms with Gasteiger partial charge in [0, 0.05) is 25.0 Å². The Hall–Kier alpha value is -0.890. The summed E-state index contributed by atoms with van der Waals surface area (Å²) in [7, 11) is -3.48. The largest absolute Gasteiger partial charge is 0.390 e. The van der Waals surface area contributed by atoms with Crippen LogP contribution in [0.2, 0.25) is 0 Å².